The van der Waals surface area contributed by atoms with Gasteiger partial charge in [-0.15, -0.1) is 0 Å². The maximum atomic E-state index is 12.2. The Balaban J connectivity index is 2.21. The number of rotatable bonds is 4. The van der Waals surface area contributed by atoms with Crippen LogP contribution in [0.3, 0.4) is 0 Å². The highest BCUT2D eigenvalue weighted by molar-refractivity contribution is 9.10. The van der Waals surface area contributed by atoms with Gasteiger partial charge in [0.05, 0.1) is 6.61 Å². The summed E-state index contributed by atoms with van der Waals surface area (Å²) < 4.78 is 5.82. The van der Waals surface area contributed by atoms with Gasteiger partial charge in [0.2, 0.25) is 0 Å². The number of methoxy groups -OCH3 is 1. The standard InChI is InChI=1S/C15H15BrN2O2/c1-20-9-11-4-2-3-5-14(11)18-15(19)10-6-7-13(17)12(16)8-10/h2-8H,9,17H2,1H3,(H,18,19). The second kappa shape index (κ2) is 6.54. The van der Waals surface area contributed by atoms with Gasteiger partial charge >= 0.3 is 0 Å². The van der Waals surface area contributed by atoms with Crippen molar-refractivity contribution in [3.05, 3.63) is 58.1 Å². The summed E-state index contributed by atoms with van der Waals surface area (Å²) in [6.07, 6.45) is 0. The number of hydrogen-bond donors (Lipinski definition) is 2. The van der Waals surface area contributed by atoms with Gasteiger partial charge in [-0.3, -0.25) is 4.79 Å². The minimum atomic E-state index is -0.186. The zero-order valence-corrected chi connectivity index (χ0v) is 12.6. The summed E-state index contributed by atoms with van der Waals surface area (Å²) in [5.41, 5.74) is 8.52. The van der Waals surface area contributed by atoms with Crippen LogP contribution in [0.15, 0.2) is 46.9 Å². The van der Waals surface area contributed by atoms with Crippen molar-refractivity contribution in [3.63, 3.8) is 0 Å². The van der Waals surface area contributed by atoms with Crippen LogP contribution in [0.1, 0.15) is 15.9 Å². The van der Waals surface area contributed by atoms with Gasteiger partial charge < -0.3 is 15.8 Å². The Morgan fingerprint density at radius 2 is 2.05 bits per heavy atom. The highest BCUT2D eigenvalue weighted by Gasteiger charge is 2.10. The van der Waals surface area contributed by atoms with E-state index in [2.05, 4.69) is 21.2 Å². The second-order valence-corrected chi connectivity index (χ2v) is 5.13. The molecule has 0 bridgehead atoms. The van der Waals surface area contributed by atoms with Crippen LogP contribution < -0.4 is 11.1 Å². The lowest BCUT2D eigenvalue weighted by molar-refractivity contribution is 0.102. The number of carbonyl (C=O) groups excluding carboxylic acids is 1. The SMILES string of the molecule is COCc1ccccc1NC(=O)c1ccc(N)c(Br)c1. The van der Waals surface area contributed by atoms with Gasteiger partial charge in [0.1, 0.15) is 0 Å². The number of halogens is 1. The fraction of sp³-hybridized carbons (Fsp3) is 0.133. The highest BCUT2D eigenvalue weighted by atomic mass is 79.9. The summed E-state index contributed by atoms with van der Waals surface area (Å²) in [5.74, 6) is -0.186. The first-order chi connectivity index (χ1) is 9.61. The average molecular weight is 335 g/mol. The Morgan fingerprint density at radius 3 is 2.75 bits per heavy atom. The molecule has 2 aromatic rings. The van der Waals surface area contributed by atoms with E-state index in [1.54, 1.807) is 25.3 Å². The van der Waals surface area contributed by atoms with Crippen molar-refractivity contribution in [1.29, 1.82) is 0 Å². The first kappa shape index (κ1) is 14.6. The molecule has 2 rings (SSSR count). The number of carbonyl (C=O) groups is 1. The zero-order valence-electron chi connectivity index (χ0n) is 11.0. The topological polar surface area (TPSA) is 64.3 Å². The molecule has 0 spiro atoms. The smallest absolute Gasteiger partial charge is 0.255 e. The lowest BCUT2D eigenvalue weighted by atomic mass is 10.1. The van der Waals surface area contributed by atoms with Crippen LogP contribution in [-0.4, -0.2) is 13.0 Å². The fourth-order valence-electron chi connectivity index (χ4n) is 1.79. The Bertz CT molecular complexity index is 629. The van der Waals surface area contributed by atoms with E-state index in [9.17, 15) is 4.79 Å². The van der Waals surface area contributed by atoms with Crippen molar-refractivity contribution in [2.45, 2.75) is 6.61 Å². The molecule has 4 nitrogen and oxygen atoms in total. The number of benzene rings is 2. The van der Waals surface area contributed by atoms with Crippen molar-refractivity contribution in [1.82, 2.24) is 0 Å². The quantitative estimate of drug-likeness (QED) is 0.842. The van der Waals surface area contributed by atoms with Crippen LogP contribution in [0.5, 0.6) is 0 Å². The first-order valence-electron chi connectivity index (χ1n) is 6.05. The van der Waals surface area contributed by atoms with Gasteiger partial charge in [0.25, 0.3) is 5.91 Å². The minimum absolute atomic E-state index is 0.186. The third kappa shape index (κ3) is 3.37. The summed E-state index contributed by atoms with van der Waals surface area (Å²) in [7, 11) is 1.62. The Kier molecular flexibility index (Phi) is 4.76. The molecule has 0 aliphatic heterocycles. The molecule has 0 aliphatic rings. The maximum Gasteiger partial charge on any atom is 0.255 e. The molecule has 1 amide bonds. The molecule has 104 valence electrons. The Hall–Kier alpha value is -1.85. The van der Waals surface area contributed by atoms with Crippen molar-refractivity contribution in [2.24, 2.45) is 0 Å². The van der Waals surface area contributed by atoms with E-state index in [-0.39, 0.29) is 5.91 Å². The van der Waals surface area contributed by atoms with Crippen LogP contribution in [-0.2, 0) is 11.3 Å². The van der Waals surface area contributed by atoms with Crippen LogP contribution in [0.2, 0.25) is 0 Å². The average Bonchev–Trinajstić information content (AvgIpc) is 2.44. The van der Waals surface area contributed by atoms with Crippen LogP contribution in [0.4, 0.5) is 11.4 Å². The molecule has 5 heteroatoms. The van der Waals surface area contributed by atoms with E-state index in [1.165, 1.54) is 0 Å². The van der Waals surface area contributed by atoms with Crippen LogP contribution in [0.25, 0.3) is 0 Å². The highest BCUT2D eigenvalue weighted by Crippen LogP contribution is 2.22. The molecular weight excluding hydrogens is 320 g/mol. The predicted octanol–water partition coefficient (Wildman–Crippen LogP) is 3.43. The van der Waals surface area contributed by atoms with E-state index in [0.717, 1.165) is 11.3 Å². The van der Waals surface area contributed by atoms with Crippen molar-refractivity contribution in [2.75, 3.05) is 18.2 Å². The lowest BCUT2D eigenvalue weighted by Crippen LogP contribution is -2.13. The van der Waals surface area contributed by atoms with Gasteiger partial charge in [0.15, 0.2) is 0 Å². The van der Waals surface area contributed by atoms with Crippen LogP contribution >= 0.6 is 15.9 Å². The molecule has 0 saturated heterocycles. The summed E-state index contributed by atoms with van der Waals surface area (Å²) in [4.78, 5) is 12.2. The van der Waals surface area contributed by atoms with Crippen LogP contribution in [0, 0.1) is 0 Å². The summed E-state index contributed by atoms with van der Waals surface area (Å²) in [5, 5.41) is 2.88. The molecule has 0 aliphatic carbocycles. The molecule has 0 fully saturated rings. The molecule has 0 saturated carbocycles. The van der Waals surface area contributed by atoms with Crippen molar-refractivity contribution in [3.8, 4) is 0 Å². The molecule has 0 unspecified atom stereocenters. The maximum absolute atomic E-state index is 12.2. The molecular formula is C15H15BrN2O2. The Morgan fingerprint density at radius 1 is 1.30 bits per heavy atom. The molecule has 0 aromatic heterocycles. The van der Waals surface area contributed by atoms with E-state index >= 15 is 0 Å². The molecule has 2 aromatic carbocycles. The van der Waals surface area contributed by atoms with Gasteiger partial charge in [-0.25, -0.2) is 0 Å². The molecule has 3 N–H and O–H groups in total. The van der Waals surface area contributed by atoms with E-state index in [4.69, 9.17) is 10.5 Å². The predicted molar refractivity (Wildman–Crippen MR) is 83.7 cm³/mol. The summed E-state index contributed by atoms with van der Waals surface area (Å²) >= 11 is 3.31. The van der Waals surface area contributed by atoms with Gasteiger partial charge in [-0.05, 0) is 40.2 Å². The van der Waals surface area contributed by atoms with E-state index in [1.807, 2.05) is 24.3 Å². The van der Waals surface area contributed by atoms with Gasteiger partial charge in [-0.2, -0.15) is 0 Å². The largest absolute Gasteiger partial charge is 0.398 e. The number of ether oxygens (including phenoxy) is 1. The number of hydrogen-bond acceptors (Lipinski definition) is 3. The van der Waals surface area contributed by atoms with Crippen molar-refractivity contribution < 1.29 is 9.53 Å². The normalized spacial score (nSPS) is 10.3. The third-order valence-corrected chi connectivity index (χ3v) is 3.51. The van der Waals surface area contributed by atoms with Gasteiger partial charge in [0, 0.05) is 34.1 Å². The second-order valence-electron chi connectivity index (χ2n) is 4.28. The Labute approximate surface area is 126 Å². The van der Waals surface area contributed by atoms with Crippen molar-refractivity contribution >= 4 is 33.2 Å². The zero-order chi connectivity index (χ0) is 14.5. The minimum Gasteiger partial charge on any atom is -0.398 e. The molecule has 20 heavy (non-hydrogen) atoms. The number of nitrogens with one attached hydrogen (secondary N) is 1. The summed E-state index contributed by atoms with van der Waals surface area (Å²) in [6.45, 7) is 0.446. The third-order valence-electron chi connectivity index (χ3n) is 2.83. The monoisotopic (exact) mass is 334 g/mol. The number of para-hydroxylation sites is 1. The number of nitrogens with two attached hydrogens (primary N) is 1. The number of nitrogen functional groups attached to an aromatic ring is 1. The number of amides is 1. The fourth-order valence-corrected chi connectivity index (χ4v) is 2.17. The molecule has 0 heterocycles. The number of anilines is 2. The van der Waals surface area contributed by atoms with E-state index < -0.39 is 0 Å². The van der Waals surface area contributed by atoms with Gasteiger partial charge in [-0.1, -0.05) is 18.2 Å². The van der Waals surface area contributed by atoms with E-state index in [0.29, 0.717) is 22.3 Å². The molecule has 0 radical (unpaired) electrons. The lowest BCUT2D eigenvalue weighted by Gasteiger charge is -2.11. The summed E-state index contributed by atoms with van der Waals surface area (Å²) in [6, 6.07) is 12.6. The first-order valence-corrected chi connectivity index (χ1v) is 6.84. The molecule has 0 atom stereocenters.